The van der Waals surface area contributed by atoms with Crippen LogP contribution in [0.5, 0.6) is 0 Å². The number of halogens is 7. The van der Waals surface area contributed by atoms with Gasteiger partial charge in [-0.05, 0) is 49.0 Å². The summed E-state index contributed by atoms with van der Waals surface area (Å²) >= 11 is 0. The molecule has 0 heterocycles. The van der Waals surface area contributed by atoms with E-state index >= 15 is 0 Å². The molecule has 198 valence electrons. The topological polar surface area (TPSA) is 38.3 Å². The van der Waals surface area contributed by atoms with Crippen LogP contribution in [-0.4, -0.2) is 12.5 Å². The third-order valence-corrected chi connectivity index (χ3v) is 5.11. The van der Waals surface area contributed by atoms with E-state index in [0.29, 0.717) is 0 Å². The van der Waals surface area contributed by atoms with Gasteiger partial charge in [0.15, 0.2) is 5.76 Å². The van der Waals surface area contributed by atoms with Gasteiger partial charge in [0.05, 0.1) is 11.1 Å². The third kappa shape index (κ3) is 9.93. The molecule has 10 heteroatoms. The smallest absolute Gasteiger partial charge is 0.419 e. The molecule has 0 aliphatic carbocycles. The Morgan fingerprint density at radius 1 is 1.09 bits per heavy atom. The fourth-order valence-electron chi connectivity index (χ4n) is 3.17. The zero-order valence-corrected chi connectivity index (χ0v) is 20.3. The predicted octanol–water partition coefficient (Wildman–Crippen LogP) is 7.87. The molecule has 1 aromatic carbocycles. The van der Waals surface area contributed by atoms with E-state index < -0.39 is 52.9 Å². The zero-order valence-electron chi connectivity index (χ0n) is 20.3. The van der Waals surface area contributed by atoms with Gasteiger partial charge in [-0.25, -0.2) is 4.39 Å². The molecular formula is C25H32F7NO2. The Morgan fingerprint density at radius 2 is 1.74 bits per heavy atom. The van der Waals surface area contributed by atoms with Crippen LogP contribution in [0.15, 0.2) is 30.1 Å². The predicted molar refractivity (Wildman–Crippen MR) is 120 cm³/mol. The zero-order chi connectivity index (χ0) is 26.8. The normalized spacial score (nSPS) is 13.1. The van der Waals surface area contributed by atoms with Crippen LogP contribution in [-0.2, 0) is 28.5 Å². The third-order valence-electron chi connectivity index (χ3n) is 5.11. The first-order valence-electron chi connectivity index (χ1n) is 11.4. The average molecular weight is 512 g/mol. The van der Waals surface area contributed by atoms with E-state index in [1.165, 1.54) is 6.08 Å². The van der Waals surface area contributed by atoms with Crippen LogP contribution in [0, 0.1) is 18.7 Å². The number of carbonyl (C=O) groups is 1. The summed E-state index contributed by atoms with van der Waals surface area (Å²) in [5.74, 6) is -3.23. The second kappa shape index (κ2) is 13.5. The van der Waals surface area contributed by atoms with E-state index in [9.17, 15) is 35.5 Å². The van der Waals surface area contributed by atoms with Gasteiger partial charge in [-0.3, -0.25) is 4.79 Å². The molecule has 1 aromatic rings. The van der Waals surface area contributed by atoms with E-state index in [1.807, 2.05) is 13.8 Å². The van der Waals surface area contributed by atoms with Gasteiger partial charge in [0.1, 0.15) is 12.4 Å². The second-order valence-corrected chi connectivity index (χ2v) is 8.59. The van der Waals surface area contributed by atoms with Crippen molar-refractivity contribution in [3.05, 3.63) is 58.1 Å². The maximum atomic E-state index is 14.2. The average Bonchev–Trinajstić information content (AvgIpc) is 2.72. The molecule has 0 aliphatic rings. The van der Waals surface area contributed by atoms with Gasteiger partial charge in [-0.2, -0.15) is 26.3 Å². The molecule has 1 rings (SSSR count). The highest BCUT2D eigenvalue weighted by atomic mass is 19.4. The largest absolute Gasteiger partial charge is 0.483 e. The highest BCUT2D eigenvalue weighted by Gasteiger charge is 2.43. The monoisotopic (exact) mass is 511 g/mol. The Balaban J connectivity index is 3.24. The minimum absolute atomic E-state index is 0.0948. The van der Waals surface area contributed by atoms with Crippen molar-refractivity contribution in [2.45, 2.75) is 78.8 Å². The summed E-state index contributed by atoms with van der Waals surface area (Å²) in [5.41, 5.74) is -5.32. The van der Waals surface area contributed by atoms with E-state index in [0.717, 1.165) is 39.0 Å². The molecule has 0 unspecified atom stereocenters. The minimum atomic E-state index is -5.35. The quantitative estimate of drug-likeness (QED) is 0.102. The van der Waals surface area contributed by atoms with Crippen LogP contribution in [0.1, 0.15) is 75.1 Å². The van der Waals surface area contributed by atoms with Crippen molar-refractivity contribution in [2.24, 2.45) is 5.92 Å². The van der Waals surface area contributed by atoms with Crippen molar-refractivity contribution in [1.29, 1.82) is 0 Å². The SMILES string of the molecule is CCCCCC/C=C/C=C(\OCc1cc(C(F)(F)F)c(F)c(C(F)(F)F)c1C)C(=O)NCC(C)C. The van der Waals surface area contributed by atoms with Crippen LogP contribution in [0.4, 0.5) is 30.7 Å². The molecular weight excluding hydrogens is 479 g/mol. The number of nitrogens with one attached hydrogen (secondary N) is 1. The van der Waals surface area contributed by atoms with E-state index in [4.69, 9.17) is 4.74 Å². The molecule has 1 N–H and O–H groups in total. The van der Waals surface area contributed by atoms with Gasteiger partial charge in [0, 0.05) is 6.54 Å². The molecule has 0 atom stereocenters. The van der Waals surface area contributed by atoms with E-state index in [1.54, 1.807) is 12.2 Å². The summed E-state index contributed by atoms with van der Waals surface area (Å²) in [6.07, 6.45) is -1.17. The highest BCUT2D eigenvalue weighted by Crippen LogP contribution is 2.41. The van der Waals surface area contributed by atoms with Crippen LogP contribution in [0.3, 0.4) is 0 Å². The Kier molecular flexibility index (Phi) is 11.8. The molecule has 35 heavy (non-hydrogen) atoms. The standard InChI is InChI=1S/C25H32F7NO2/c1-5-6-7-8-9-10-11-12-20(23(34)33-14-16(2)3)35-15-18-13-19(24(27,28)29)22(26)21(17(18)4)25(30,31)32/h10-13,16H,5-9,14-15H2,1-4H3,(H,33,34)/b11-10+,20-12-. The van der Waals surface area contributed by atoms with E-state index in [-0.39, 0.29) is 24.3 Å². The first-order chi connectivity index (χ1) is 16.2. The molecule has 1 amide bonds. The van der Waals surface area contributed by atoms with Gasteiger partial charge in [0.25, 0.3) is 5.91 Å². The van der Waals surface area contributed by atoms with E-state index in [2.05, 4.69) is 12.2 Å². The maximum Gasteiger partial charge on any atom is 0.419 e. The summed E-state index contributed by atoms with van der Waals surface area (Å²) in [5, 5.41) is 2.60. The number of ether oxygens (including phenoxy) is 1. The second-order valence-electron chi connectivity index (χ2n) is 8.59. The van der Waals surface area contributed by atoms with Crippen molar-refractivity contribution in [3.8, 4) is 0 Å². The number of allylic oxidation sites excluding steroid dienone is 3. The van der Waals surface area contributed by atoms with Gasteiger partial charge < -0.3 is 10.1 Å². The molecule has 0 radical (unpaired) electrons. The minimum Gasteiger partial charge on any atom is -0.483 e. The van der Waals surface area contributed by atoms with Gasteiger partial charge in [-0.1, -0.05) is 52.2 Å². The Morgan fingerprint density at radius 3 is 2.29 bits per heavy atom. The van der Waals surface area contributed by atoms with Crippen LogP contribution < -0.4 is 5.32 Å². The van der Waals surface area contributed by atoms with Crippen LogP contribution in [0.2, 0.25) is 0 Å². The van der Waals surface area contributed by atoms with Crippen molar-refractivity contribution in [3.63, 3.8) is 0 Å². The molecule has 3 nitrogen and oxygen atoms in total. The van der Waals surface area contributed by atoms with Gasteiger partial charge >= 0.3 is 12.4 Å². The number of benzene rings is 1. The number of amides is 1. The summed E-state index contributed by atoms with van der Waals surface area (Å²) in [6, 6.07) is 0.285. The van der Waals surface area contributed by atoms with Crippen molar-refractivity contribution in [2.75, 3.05) is 6.54 Å². The first kappa shape index (κ1) is 30.5. The Bertz CT molecular complexity index is 901. The molecule has 0 spiro atoms. The summed E-state index contributed by atoms with van der Waals surface area (Å²) in [6.45, 7) is 6.13. The lowest BCUT2D eigenvalue weighted by Crippen LogP contribution is -2.29. The molecule has 0 aliphatic heterocycles. The molecule has 0 fully saturated rings. The lowest BCUT2D eigenvalue weighted by atomic mass is 9.97. The number of alkyl halides is 6. The molecule has 0 saturated carbocycles. The lowest BCUT2D eigenvalue weighted by molar-refractivity contribution is -0.148. The fourth-order valence-corrected chi connectivity index (χ4v) is 3.17. The summed E-state index contributed by atoms with van der Waals surface area (Å²) in [7, 11) is 0. The van der Waals surface area contributed by atoms with Gasteiger partial charge in [-0.15, -0.1) is 0 Å². The Hall–Kier alpha value is -2.52. The highest BCUT2D eigenvalue weighted by molar-refractivity contribution is 5.91. The fraction of sp³-hybridized carbons (Fsp3) is 0.560. The van der Waals surface area contributed by atoms with Gasteiger partial charge in [0.2, 0.25) is 0 Å². The molecule has 0 aromatic heterocycles. The summed E-state index contributed by atoms with van der Waals surface area (Å²) < 4.78 is 99.2. The lowest BCUT2D eigenvalue weighted by Gasteiger charge is -2.20. The number of hydrogen-bond donors (Lipinski definition) is 1. The maximum absolute atomic E-state index is 14.2. The Labute approximate surface area is 201 Å². The summed E-state index contributed by atoms with van der Waals surface area (Å²) in [4.78, 5) is 12.5. The first-order valence-corrected chi connectivity index (χ1v) is 11.4. The number of carbonyl (C=O) groups excluding carboxylic acids is 1. The van der Waals surface area contributed by atoms with Crippen molar-refractivity contribution < 1.29 is 40.3 Å². The number of rotatable bonds is 12. The van der Waals surface area contributed by atoms with Crippen molar-refractivity contribution >= 4 is 5.91 Å². The number of unbranched alkanes of at least 4 members (excludes halogenated alkanes) is 4. The number of hydrogen-bond acceptors (Lipinski definition) is 2. The van der Waals surface area contributed by atoms with Crippen molar-refractivity contribution in [1.82, 2.24) is 5.32 Å². The molecule has 0 saturated heterocycles. The van der Waals surface area contributed by atoms with Crippen LogP contribution >= 0.6 is 0 Å². The van der Waals surface area contributed by atoms with Crippen LogP contribution in [0.25, 0.3) is 0 Å². The molecule has 0 bridgehead atoms.